The summed E-state index contributed by atoms with van der Waals surface area (Å²) in [5.41, 5.74) is 0.749. The highest BCUT2D eigenvalue weighted by Crippen LogP contribution is 2.36. The molecule has 3 nitrogen and oxygen atoms in total. The number of hydrogen-bond acceptors (Lipinski definition) is 2. The van der Waals surface area contributed by atoms with Crippen molar-refractivity contribution in [3.05, 3.63) is 34.9 Å². The molecule has 2 unspecified atom stereocenters. The van der Waals surface area contributed by atoms with Crippen molar-refractivity contribution in [2.24, 2.45) is 5.92 Å². The van der Waals surface area contributed by atoms with E-state index in [1.165, 1.54) is 0 Å². The second kappa shape index (κ2) is 5.19. The minimum atomic E-state index is -1.40. The lowest BCUT2D eigenvalue weighted by Gasteiger charge is -2.11. The largest absolute Gasteiger partial charge is 0.480 e. The van der Waals surface area contributed by atoms with Crippen molar-refractivity contribution in [2.45, 2.75) is 23.8 Å². The van der Waals surface area contributed by atoms with Gasteiger partial charge in [0, 0.05) is 15.8 Å². The lowest BCUT2D eigenvalue weighted by molar-refractivity contribution is -0.136. The van der Waals surface area contributed by atoms with Crippen LogP contribution in [-0.2, 0) is 21.3 Å². The summed E-state index contributed by atoms with van der Waals surface area (Å²) >= 11 is 5.97. The fourth-order valence-electron chi connectivity index (χ4n) is 1.79. The number of carboxylic acids is 1. The lowest BCUT2D eigenvalue weighted by atomic mass is 10.2. The van der Waals surface area contributed by atoms with Gasteiger partial charge in [-0.1, -0.05) is 29.8 Å². The summed E-state index contributed by atoms with van der Waals surface area (Å²) < 4.78 is 12.1. The molecule has 1 aliphatic rings. The average molecular weight is 273 g/mol. The number of carbonyl (C=O) groups is 1. The van der Waals surface area contributed by atoms with Gasteiger partial charge in [0.15, 0.2) is 0 Å². The molecule has 0 radical (unpaired) electrons. The molecule has 0 amide bonds. The first-order valence-corrected chi connectivity index (χ1v) is 7.19. The molecule has 17 heavy (non-hydrogen) atoms. The van der Waals surface area contributed by atoms with E-state index in [-0.39, 0.29) is 11.7 Å². The predicted molar refractivity (Wildman–Crippen MR) is 67.4 cm³/mol. The van der Waals surface area contributed by atoms with Crippen molar-refractivity contribution >= 4 is 28.4 Å². The second-order valence-electron chi connectivity index (χ2n) is 4.21. The standard InChI is InChI=1S/C12H13ClO3S/c13-10-4-2-1-3-9(10)7-17(16)11(12(14)15)8-5-6-8/h1-4,8,11H,5-7H2,(H,14,15). The highest BCUT2D eigenvalue weighted by molar-refractivity contribution is 7.85. The predicted octanol–water partition coefficient (Wildman–Crippen LogP) is 2.45. The van der Waals surface area contributed by atoms with Crippen molar-refractivity contribution in [1.82, 2.24) is 0 Å². The van der Waals surface area contributed by atoms with Crippen LogP contribution in [0.2, 0.25) is 5.02 Å². The molecule has 0 aromatic heterocycles. The van der Waals surface area contributed by atoms with Crippen LogP contribution in [0.15, 0.2) is 24.3 Å². The van der Waals surface area contributed by atoms with E-state index in [0.29, 0.717) is 5.02 Å². The number of benzene rings is 1. The van der Waals surface area contributed by atoms with Gasteiger partial charge >= 0.3 is 5.97 Å². The molecule has 0 saturated heterocycles. The molecular formula is C12H13ClO3S. The van der Waals surface area contributed by atoms with Crippen molar-refractivity contribution in [3.8, 4) is 0 Å². The Bertz CT molecular complexity index is 457. The van der Waals surface area contributed by atoms with Gasteiger partial charge in [-0.2, -0.15) is 0 Å². The van der Waals surface area contributed by atoms with Gasteiger partial charge < -0.3 is 5.11 Å². The monoisotopic (exact) mass is 272 g/mol. The molecular weight excluding hydrogens is 260 g/mol. The molecule has 0 spiro atoms. The first-order valence-electron chi connectivity index (χ1n) is 5.43. The van der Waals surface area contributed by atoms with Crippen molar-refractivity contribution in [1.29, 1.82) is 0 Å². The Kier molecular flexibility index (Phi) is 3.84. The Labute approximate surface area is 107 Å². The van der Waals surface area contributed by atoms with Gasteiger partial charge in [-0.05, 0) is 30.4 Å². The molecule has 5 heteroatoms. The first kappa shape index (κ1) is 12.6. The highest BCUT2D eigenvalue weighted by atomic mass is 35.5. The van der Waals surface area contributed by atoms with Crippen molar-refractivity contribution < 1.29 is 14.1 Å². The highest BCUT2D eigenvalue weighted by Gasteiger charge is 2.40. The molecule has 1 aliphatic carbocycles. The van der Waals surface area contributed by atoms with E-state index in [1.54, 1.807) is 18.2 Å². The number of aliphatic carboxylic acids is 1. The van der Waals surface area contributed by atoms with Gasteiger partial charge in [-0.25, -0.2) is 0 Å². The minimum Gasteiger partial charge on any atom is -0.480 e. The van der Waals surface area contributed by atoms with E-state index >= 15 is 0 Å². The SMILES string of the molecule is O=C(O)C(C1CC1)S(=O)Cc1ccccc1Cl. The molecule has 2 atom stereocenters. The van der Waals surface area contributed by atoms with Crippen LogP contribution in [0.5, 0.6) is 0 Å². The summed E-state index contributed by atoms with van der Waals surface area (Å²) in [5, 5.41) is 8.87. The van der Waals surface area contributed by atoms with E-state index in [9.17, 15) is 9.00 Å². The average Bonchev–Trinajstić information content (AvgIpc) is 3.05. The molecule has 1 saturated carbocycles. The number of hydrogen-bond donors (Lipinski definition) is 1. The molecule has 0 bridgehead atoms. The molecule has 1 fully saturated rings. The number of carboxylic acid groups (broad SMARTS) is 1. The Hall–Kier alpha value is -0.870. The minimum absolute atomic E-state index is 0.0795. The summed E-state index contributed by atoms with van der Waals surface area (Å²) in [6.45, 7) is 0. The third-order valence-electron chi connectivity index (χ3n) is 2.83. The van der Waals surface area contributed by atoms with Crippen LogP contribution in [0.4, 0.5) is 0 Å². The van der Waals surface area contributed by atoms with Crippen LogP contribution < -0.4 is 0 Å². The fraction of sp³-hybridized carbons (Fsp3) is 0.417. The maximum Gasteiger partial charge on any atom is 0.319 e. The van der Waals surface area contributed by atoms with Gasteiger partial charge in [0.2, 0.25) is 0 Å². The Balaban J connectivity index is 2.10. The fourth-order valence-corrected chi connectivity index (χ4v) is 3.73. The zero-order chi connectivity index (χ0) is 12.4. The van der Waals surface area contributed by atoms with E-state index < -0.39 is 22.0 Å². The number of rotatable bonds is 5. The molecule has 92 valence electrons. The van der Waals surface area contributed by atoms with Crippen LogP contribution in [-0.4, -0.2) is 20.5 Å². The van der Waals surface area contributed by atoms with Crippen LogP contribution >= 0.6 is 11.6 Å². The van der Waals surface area contributed by atoms with Gasteiger partial charge in [-0.3, -0.25) is 9.00 Å². The Morgan fingerprint density at radius 3 is 2.65 bits per heavy atom. The van der Waals surface area contributed by atoms with Crippen LogP contribution in [0.3, 0.4) is 0 Å². The number of halogens is 1. The molecule has 0 aliphatic heterocycles. The zero-order valence-electron chi connectivity index (χ0n) is 9.14. The molecule has 0 heterocycles. The second-order valence-corrected chi connectivity index (χ2v) is 6.18. The Morgan fingerprint density at radius 2 is 2.12 bits per heavy atom. The maximum atomic E-state index is 12.1. The van der Waals surface area contributed by atoms with Gasteiger partial charge in [0.25, 0.3) is 0 Å². The summed E-state index contributed by atoms with van der Waals surface area (Å²) in [6, 6.07) is 7.11. The summed E-state index contributed by atoms with van der Waals surface area (Å²) in [6.07, 6.45) is 1.73. The summed E-state index contributed by atoms with van der Waals surface area (Å²) in [7, 11) is -1.40. The van der Waals surface area contributed by atoms with Gasteiger partial charge in [0.1, 0.15) is 5.25 Å². The topological polar surface area (TPSA) is 54.4 Å². The Morgan fingerprint density at radius 1 is 1.47 bits per heavy atom. The first-order chi connectivity index (χ1) is 8.09. The lowest BCUT2D eigenvalue weighted by Crippen LogP contribution is -2.28. The van der Waals surface area contributed by atoms with Crippen LogP contribution in [0, 0.1) is 5.92 Å². The molecule has 1 aromatic rings. The molecule has 1 N–H and O–H groups in total. The normalized spacial score (nSPS) is 18.6. The molecule has 1 aromatic carbocycles. The van der Waals surface area contributed by atoms with Gasteiger partial charge in [-0.15, -0.1) is 0 Å². The third-order valence-corrected chi connectivity index (χ3v) is 4.95. The maximum absolute atomic E-state index is 12.1. The van der Waals surface area contributed by atoms with E-state index in [4.69, 9.17) is 16.7 Å². The quantitative estimate of drug-likeness (QED) is 0.896. The van der Waals surface area contributed by atoms with E-state index in [1.807, 2.05) is 6.07 Å². The third kappa shape index (κ3) is 3.07. The van der Waals surface area contributed by atoms with Crippen LogP contribution in [0.1, 0.15) is 18.4 Å². The smallest absolute Gasteiger partial charge is 0.319 e. The van der Waals surface area contributed by atoms with E-state index in [2.05, 4.69) is 0 Å². The summed E-state index contributed by atoms with van der Waals surface area (Å²) in [4.78, 5) is 11.1. The van der Waals surface area contributed by atoms with Crippen LogP contribution in [0.25, 0.3) is 0 Å². The van der Waals surface area contributed by atoms with Gasteiger partial charge in [0.05, 0.1) is 5.75 Å². The van der Waals surface area contributed by atoms with Crippen molar-refractivity contribution in [3.63, 3.8) is 0 Å². The van der Waals surface area contributed by atoms with E-state index in [0.717, 1.165) is 18.4 Å². The zero-order valence-corrected chi connectivity index (χ0v) is 10.7. The molecule has 2 rings (SSSR count). The van der Waals surface area contributed by atoms with Crippen molar-refractivity contribution in [2.75, 3.05) is 0 Å². The summed E-state index contributed by atoms with van der Waals surface area (Å²) in [5.74, 6) is -0.665.